The minimum atomic E-state index is -0.819. The SMILES string of the molecule is CC/C=C\C/C=C\C/C=C\C/C=C\C/C=C\C/C=C\CCCCC(=O)OC(COC(=O)CCCCCCCC/C=C\C/C=C\C/C=C\CCCCCCC)COC(=O)CCCCCCCCCC/C=C\C/C=C\C/C=C\CCCCCCC. The predicted octanol–water partition coefficient (Wildman–Crippen LogP) is 23.9. The van der Waals surface area contributed by atoms with Gasteiger partial charge in [0.05, 0.1) is 0 Å². The highest BCUT2D eigenvalue weighted by Gasteiger charge is 2.19. The summed E-state index contributed by atoms with van der Waals surface area (Å²) in [5.74, 6) is -0.969. The van der Waals surface area contributed by atoms with Gasteiger partial charge >= 0.3 is 17.9 Å². The molecule has 0 rings (SSSR count). The van der Waals surface area contributed by atoms with Crippen molar-refractivity contribution in [2.45, 2.75) is 309 Å². The van der Waals surface area contributed by atoms with Gasteiger partial charge in [0.1, 0.15) is 13.2 Å². The molecule has 6 heteroatoms. The first-order chi connectivity index (χ1) is 41.0. The van der Waals surface area contributed by atoms with Crippen LogP contribution in [-0.4, -0.2) is 37.2 Å². The molecule has 0 aromatic carbocycles. The van der Waals surface area contributed by atoms with E-state index < -0.39 is 6.10 Å². The van der Waals surface area contributed by atoms with E-state index in [9.17, 15) is 14.4 Å². The van der Waals surface area contributed by atoms with Gasteiger partial charge in [-0.05, 0) is 148 Å². The van der Waals surface area contributed by atoms with E-state index in [4.69, 9.17) is 14.2 Å². The molecule has 0 spiro atoms. The molecule has 6 nitrogen and oxygen atoms in total. The van der Waals surface area contributed by atoms with Crippen LogP contribution in [0.5, 0.6) is 0 Å². The monoisotopic (exact) mass is 1150 g/mol. The third-order valence-electron chi connectivity index (χ3n) is 14.3. The van der Waals surface area contributed by atoms with Gasteiger partial charge in [-0.2, -0.15) is 0 Å². The van der Waals surface area contributed by atoms with Crippen LogP contribution in [0, 0.1) is 0 Å². The molecular formula is C77H126O6. The van der Waals surface area contributed by atoms with Crippen molar-refractivity contribution in [3.63, 3.8) is 0 Å². The number of hydrogen-bond donors (Lipinski definition) is 0. The Bertz CT molecular complexity index is 1800. The molecule has 0 aliphatic heterocycles. The molecule has 0 aliphatic carbocycles. The Morgan fingerprint density at radius 3 is 0.759 bits per heavy atom. The maximum absolute atomic E-state index is 12.9. The second-order valence-corrected chi connectivity index (χ2v) is 22.3. The van der Waals surface area contributed by atoms with Crippen LogP contribution in [0.4, 0.5) is 0 Å². The molecule has 0 bridgehead atoms. The standard InChI is InChI=1S/C77H126O6/c1-4-7-10-13-16-19-22-25-28-31-34-37-38-41-43-46-49-52-55-58-61-64-67-70-76(79)82-73-74(83-77(80)71-68-65-62-59-56-53-50-47-44-40-36-33-30-27-24-21-18-15-12-9-6-3)72-81-75(78)69-66-63-60-57-54-51-48-45-42-39-35-32-29-26-23-20-17-14-11-8-5-2/h9,12,18,21-23,25-27,30-32,34-36,38,40-42,45,47,50,56,59,74H,4-8,10-11,13-17,19-20,24,28-29,33,37,39,43-44,46,48-49,51-55,57-58,60-73H2,1-3H3/b12-9-,21-18-,25-22-,26-23-,30-27-,34-31-,35-32-,40-36-,41-38-,45-42-,50-47-,59-56-. The van der Waals surface area contributed by atoms with E-state index in [1.54, 1.807) is 0 Å². The molecule has 0 aliphatic rings. The van der Waals surface area contributed by atoms with Crippen LogP contribution in [0.15, 0.2) is 146 Å². The molecule has 1 unspecified atom stereocenters. The Labute approximate surface area is 512 Å². The number of esters is 3. The molecule has 0 aromatic heterocycles. The number of carbonyl (C=O) groups is 3. The quantitative estimate of drug-likeness (QED) is 0.0261. The van der Waals surface area contributed by atoms with E-state index in [1.165, 1.54) is 122 Å². The lowest BCUT2D eigenvalue weighted by Gasteiger charge is -2.18. The molecule has 0 radical (unpaired) electrons. The molecule has 0 heterocycles. The first-order valence-electron chi connectivity index (χ1n) is 34.3. The third kappa shape index (κ3) is 68.0. The Morgan fingerprint density at radius 1 is 0.253 bits per heavy atom. The lowest BCUT2D eigenvalue weighted by Crippen LogP contribution is -2.30. The van der Waals surface area contributed by atoms with Crippen molar-refractivity contribution in [1.82, 2.24) is 0 Å². The molecular weight excluding hydrogens is 1020 g/mol. The van der Waals surface area contributed by atoms with E-state index in [0.29, 0.717) is 19.3 Å². The van der Waals surface area contributed by atoms with Crippen molar-refractivity contribution < 1.29 is 28.6 Å². The van der Waals surface area contributed by atoms with E-state index in [2.05, 4.69) is 167 Å². The summed E-state index contributed by atoms with van der Waals surface area (Å²) in [5.41, 5.74) is 0. The fourth-order valence-electron chi connectivity index (χ4n) is 9.17. The topological polar surface area (TPSA) is 78.9 Å². The van der Waals surface area contributed by atoms with Crippen molar-refractivity contribution in [1.29, 1.82) is 0 Å². The maximum Gasteiger partial charge on any atom is 0.306 e. The normalized spacial score (nSPS) is 13.0. The highest BCUT2D eigenvalue weighted by Crippen LogP contribution is 2.15. The number of rotatable bonds is 61. The Kier molecular flexibility index (Phi) is 65.8. The van der Waals surface area contributed by atoms with Crippen molar-refractivity contribution in [2.24, 2.45) is 0 Å². The summed E-state index contributed by atoms with van der Waals surface area (Å²) in [6, 6.07) is 0. The molecule has 83 heavy (non-hydrogen) atoms. The average Bonchev–Trinajstić information content (AvgIpc) is 3.49. The zero-order valence-electron chi connectivity index (χ0n) is 53.9. The summed E-state index contributed by atoms with van der Waals surface area (Å²) in [6.07, 6.45) is 99.9. The van der Waals surface area contributed by atoms with Gasteiger partial charge < -0.3 is 14.2 Å². The van der Waals surface area contributed by atoms with Crippen LogP contribution in [0.3, 0.4) is 0 Å². The Hall–Kier alpha value is -4.71. The predicted molar refractivity (Wildman–Crippen MR) is 362 cm³/mol. The summed E-state index contributed by atoms with van der Waals surface area (Å²) in [7, 11) is 0. The van der Waals surface area contributed by atoms with Gasteiger partial charge in [0.2, 0.25) is 0 Å². The number of hydrogen-bond acceptors (Lipinski definition) is 6. The second-order valence-electron chi connectivity index (χ2n) is 22.3. The van der Waals surface area contributed by atoms with Crippen LogP contribution < -0.4 is 0 Å². The summed E-state index contributed by atoms with van der Waals surface area (Å²) in [6.45, 7) is 6.47. The fraction of sp³-hybridized carbons (Fsp3) is 0.649. The molecule has 0 amide bonds. The fourth-order valence-corrected chi connectivity index (χ4v) is 9.17. The van der Waals surface area contributed by atoms with E-state index >= 15 is 0 Å². The highest BCUT2D eigenvalue weighted by atomic mass is 16.6. The average molecular weight is 1150 g/mol. The van der Waals surface area contributed by atoms with E-state index in [1.807, 2.05) is 0 Å². The van der Waals surface area contributed by atoms with Crippen LogP contribution in [0.25, 0.3) is 0 Å². The van der Waals surface area contributed by atoms with Gasteiger partial charge in [-0.25, -0.2) is 0 Å². The van der Waals surface area contributed by atoms with Crippen molar-refractivity contribution in [3.05, 3.63) is 146 Å². The molecule has 470 valence electrons. The van der Waals surface area contributed by atoms with Crippen LogP contribution in [0.1, 0.15) is 303 Å². The van der Waals surface area contributed by atoms with Gasteiger partial charge in [0, 0.05) is 19.3 Å². The summed E-state index contributed by atoms with van der Waals surface area (Å²) >= 11 is 0. The summed E-state index contributed by atoms with van der Waals surface area (Å²) < 4.78 is 16.9. The summed E-state index contributed by atoms with van der Waals surface area (Å²) in [5, 5.41) is 0. The van der Waals surface area contributed by atoms with Gasteiger partial charge in [-0.1, -0.05) is 282 Å². The van der Waals surface area contributed by atoms with Gasteiger partial charge in [-0.15, -0.1) is 0 Å². The summed E-state index contributed by atoms with van der Waals surface area (Å²) in [4.78, 5) is 38.5. The Balaban J connectivity index is 4.53. The van der Waals surface area contributed by atoms with Gasteiger partial charge in [-0.3, -0.25) is 14.4 Å². The van der Waals surface area contributed by atoms with E-state index in [0.717, 1.165) is 135 Å². The number of carbonyl (C=O) groups excluding carboxylic acids is 3. The number of ether oxygens (including phenoxy) is 3. The Morgan fingerprint density at radius 2 is 0.470 bits per heavy atom. The van der Waals surface area contributed by atoms with Crippen molar-refractivity contribution in [2.75, 3.05) is 13.2 Å². The smallest absolute Gasteiger partial charge is 0.306 e. The van der Waals surface area contributed by atoms with E-state index in [-0.39, 0.29) is 37.5 Å². The first-order valence-corrected chi connectivity index (χ1v) is 34.3. The third-order valence-corrected chi connectivity index (χ3v) is 14.3. The van der Waals surface area contributed by atoms with Crippen molar-refractivity contribution >= 4 is 17.9 Å². The zero-order valence-corrected chi connectivity index (χ0v) is 53.9. The van der Waals surface area contributed by atoms with Crippen LogP contribution in [-0.2, 0) is 28.6 Å². The minimum absolute atomic E-state index is 0.109. The molecule has 1 atom stereocenters. The van der Waals surface area contributed by atoms with Gasteiger partial charge in [0.25, 0.3) is 0 Å². The largest absolute Gasteiger partial charge is 0.462 e. The zero-order chi connectivity index (χ0) is 59.9. The molecule has 0 aromatic rings. The molecule has 0 N–H and O–H groups in total. The first kappa shape index (κ1) is 78.3. The maximum atomic E-state index is 12.9. The number of unbranched alkanes of at least 4 members (excludes halogenated alkanes) is 26. The molecule has 0 saturated heterocycles. The lowest BCUT2D eigenvalue weighted by molar-refractivity contribution is -0.167. The highest BCUT2D eigenvalue weighted by molar-refractivity contribution is 5.71. The molecule has 0 fully saturated rings. The minimum Gasteiger partial charge on any atom is -0.462 e. The second kappa shape index (κ2) is 69.8. The number of allylic oxidation sites excluding steroid dienone is 24. The van der Waals surface area contributed by atoms with Crippen LogP contribution in [0.2, 0.25) is 0 Å². The van der Waals surface area contributed by atoms with Crippen LogP contribution >= 0.6 is 0 Å². The lowest BCUT2D eigenvalue weighted by atomic mass is 10.1. The van der Waals surface area contributed by atoms with Crippen molar-refractivity contribution in [3.8, 4) is 0 Å². The molecule has 0 saturated carbocycles. The van der Waals surface area contributed by atoms with Gasteiger partial charge in [0.15, 0.2) is 6.10 Å².